The lowest BCUT2D eigenvalue weighted by molar-refractivity contribution is -0.306. The Labute approximate surface area is 136 Å². The van der Waals surface area contributed by atoms with Gasteiger partial charge in [-0.3, -0.25) is 4.79 Å². The number of hydrogen-bond acceptors (Lipinski definition) is 3. The van der Waals surface area contributed by atoms with Crippen LogP contribution in [0, 0.1) is 5.92 Å². The second-order valence-electron chi connectivity index (χ2n) is 6.31. The number of amides is 1. The van der Waals surface area contributed by atoms with E-state index in [9.17, 15) is 14.7 Å². The molecule has 1 atom stereocenters. The molecular formula is C18H34NO3-. The summed E-state index contributed by atoms with van der Waals surface area (Å²) in [5.41, 5.74) is 0. The van der Waals surface area contributed by atoms with E-state index in [-0.39, 0.29) is 12.3 Å². The van der Waals surface area contributed by atoms with Crippen molar-refractivity contribution in [1.29, 1.82) is 0 Å². The summed E-state index contributed by atoms with van der Waals surface area (Å²) in [7, 11) is 0. The fourth-order valence-electron chi connectivity index (χ4n) is 2.80. The molecule has 0 aliphatic heterocycles. The van der Waals surface area contributed by atoms with Crippen LogP contribution < -0.4 is 10.4 Å². The van der Waals surface area contributed by atoms with Crippen LogP contribution in [0.5, 0.6) is 0 Å². The van der Waals surface area contributed by atoms with Crippen LogP contribution in [-0.2, 0) is 9.59 Å². The van der Waals surface area contributed by atoms with E-state index in [0.717, 1.165) is 19.3 Å². The first-order valence-electron chi connectivity index (χ1n) is 9.00. The van der Waals surface area contributed by atoms with Crippen molar-refractivity contribution in [2.45, 2.75) is 90.9 Å². The molecular weight excluding hydrogens is 278 g/mol. The van der Waals surface area contributed by atoms with Gasteiger partial charge in [-0.2, -0.15) is 0 Å². The number of aliphatic carboxylic acids is 1. The van der Waals surface area contributed by atoms with Crippen molar-refractivity contribution in [3.8, 4) is 0 Å². The van der Waals surface area contributed by atoms with Crippen LogP contribution in [0.25, 0.3) is 0 Å². The second kappa shape index (κ2) is 14.9. The third kappa shape index (κ3) is 15.3. The largest absolute Gasteiger partial charge is 0.550 e. The first-order valence-corrected chi connectivity index (χ1v) is 9.00. The van der Waals surface area contributed by atoms with Gasteiger partial charge < -0.3 is 15.2 Å². The molecule has 0 saturated heterocycles. The molecule has 0 saturated carbocycles. The number of rotatable bonds is 15. The number of hydrogen-bond donors (Lipinski definition) is 1. The zero-order valence-electron chi connectivity index (χ0n) is 14.5. The van der Waals surface area contributed by atoms with Crippen LogP contribution in [0.15, 0.2) is 0 Å². The highest BCUT2D eigenvalue weighted by Gasteiger charge is 2.09. The number of unbranched alkanes of at least 4 members (excludes halogenated alkanes) is 6. The molecule has 0 aromatic heterocycles. The van der Waals surface area contributed by atoms with E-state index in [4.69, 9.17) is 0 Å². The first-order chi connectivity index (χ1) is 10.6. The molecule has 22 heavy (non-hydrogen) atoms. The topological polar surface area (TPSA) is 69.2 Å². The van der Waals surface area contributed by atoms with E-state index < -0.39 is 5.97 Å². The zero-order chi connectivity index (χ0) is 16.6. The highest BCUT2D eigenvalue weighted by Crippen LogP contribution is 2.21. The standard InChI is InChI=1S/C18H35NO3/c1-3-4-5-6-7-8-9-11-17(13-14-18(21)22)12-10-15-19-16(2)20/h17H,3-15H2,1-2H3,(H,19,20)(H,21,22)/p-1. The van der Waals surface area contributed by atoms with Crippen molar-refractivity contribution < 1.29 is 14.7 Å². The van der Waals surface area contributed by atoms with Crippen LogP contribution >= 0.6 is 0 Å². The van der Waals surface area contributed by atoms with E-state index in [1.807, 2.05) is 0 Å². The Bertz CT molecular complexity index is 292. The van der Waals surface area contributed by atoms with E-state index in [2.05, 4.69) is 12.2 Å². The number of nitrogens with one attached hydrogen (secondary N) is 1. The van der Waals surface area contributed by atoms with Crippen LogP contribution in [0.4, 0.5) is 0 Å². The summed E-state index contributed by atoms with van der Waals surface area (Å²) in [5, 5.41) is 13.4. The van der Waals surface area contributed by atoms with Crippen LogP contribution in [0.1, 0.15) is 90.9 Å². The summed E-state index contributed by atoms with van der Waals surface area (Å²) < 4.78 is 0. The molecule has 0 bridgehead atoms. The SMILES string of the molecule is CCCCCCCCCC(CCCNC(C)=O)CCC(=O)[O-]. The quantitative estimate of drug-likeness (QED) is 0.472. The molecule has 0 aliphatic rings. The van der Waals surface area contributed by atoms with Crippen molar-refractivity contribution in [3.63, 3.8) is 0 Å². The molecule has 0 aromatic carbocycles. The van der Waals surface area contributed by atoms with Crippen molar-refractivity contribution in [2.24, 2.45) is 5.92 Å². The molecule has 1 amide bonds. The van der Waals surface area contributed by atoms with Crippen molar-refractivity contribution in [2.75, 3.05) is 6.54 Å². The summed E-state index contributed by atoms with van der Waals surface area (Å²) >= 11 is 0. The Morgan fingerprint density at radius 3 is 2.09 bits per heavy atom. The Morgan fingerprint density at radius 2 is 1.50 bits per heavy atom. The minimum absolute atomic E-state index is 0.00151. The molecule has 130 valence electrons. The molecule has 4 nitrogen and oxygen atoms in total. The minimum Gasteiger partial charge on any atom is -0.550 e. The predicted molar refractivity (Wildman–Crippen MR) is 88.3 cm³/mol. The molecule has 0 aromatic rings. The number of carboxylic acid groups (broad SMARTS) is 1. The number of carbonyl (C=O) groups excluding carboxylic acids is 2. The van der Waals surface area contributed by atoms with Gasteiger partial charge in [0, 0.05) is 19.4 Å². The summed E-state index contributed by atoms with van der Waals surface area (Å²) in [6, 6.07) is 0. The van der Waals surface area contributed by atoms with Gasteiger partial charge in [-0.05, 0) is 31.6 Å². The molecule has 0 spiro atoms. The van der Waals surface area contributed by atoms with Crippen molar-refractivity contribution in [3.05, 3.63) is 0 Å². The van der Waals surface area contributed by atoms with Gasteiger partial charge in [-0.25, -0.2) is 0 Å². The molecule has 0 aliphatic carbocycles. The van der Waals surface area contributed by atoms with Crippen LogP contribution in [-0.4, -0.2) is 18.4 Å². The van der Waals surface area contributed by atoms with Gasteiger partial charge in [0.05, 0.1) is 0 Å². The Balaban J connectivity index is 3.77. The van der Waals surface area contributed by atoms with Gasteiger partial charge in [-0.1, -0.05) is 58.3 Å². The summed E-state index contributed by atoms with van der Waals surface area (Å²) in [6.07, 6.45) is 12.9. The summed E-state index contributed by atoms with van der Waals surface area (Å²) in [6.45, 7) is 4.43. The normalized spacial score (nSPS) is 12.1. The first kappa shape index (κ1) is 20.9. The zero-order valence-corrected chi connectivity index (χ0v) is 14.5. The van der Waals surface area contributed by atoms with Crippen molar-refractivity contribution >= 4 is 11.9 Å². The maximum absolute atomic E-state index is 10.8. The lowest BCUT2D eigenvalue weighted by atomic mass is 9.91. The molecule has 0 rings (SSSR count). The number of carboxylic acids is 1. The Hall–Kier alpha value is -1.06. The van der Waals surface area contributed by atoms with Gasteiger partial charge in [0.25, 0.3) is 0 Å². The molecule has 1 N–H and O–H groups in total. The molecule has 0 radical (unpaired) electrons. The van der Waals surface area contributed by atoms with Crippen LogP contribution in [0.2, 0.25) is 0 Å². The van der Waals surface area contributed by atoms with E-state index >= 15 is 0 Å². The van der Waals surface area contributed by atoms with E-state index in [1.54, 1.807) is 0 Å². The average Bonchev–Trinajstić information content (AvgIpc) is 2.46. The molecule has 0 heterocycles. The Morgan fingerprint density at radius 1 is 0.909 bits per heavy atom. The lowest BCUT2D eigenvalue weighted by Gasteiger charge is -2.17. The summed E-state index contributed by atoms with van der Waals surface area (Å²) in [5.74, 6) is -0.507. The highest BCUT2D eigenvalue weighted by molar-refractivity contribution is 5.72. The van der Waals surface area contributed by atoms with Gasteiger partial charge in [-0.15, -0.1) is 0 Å². The number of carbonyl (C=O) groups is 2. The monoisotopic (exact) mass is 312 g/mol. The molecule has 4 heteroatoms. The Kier molecular flexibility index (Phi) is 14.1. The maximum atomic E-state index is 10.8. The second-order valence-corrected chi connectivity index (χ2v) is 6.31. The van der Waals surface area contributed by atoms with Crippen LogP contribution in [0.3, 0.4) is 0 Å². The van der Waals surface area contributed by atoms with Crippen molar-refractivity contribution in [1.82, 2.24) is 5.32 Å². The third-order valence-electron chi connectivity index (χ3n) is 4.14. The maximum Gasteiger partial charge on any atom is 0.216 e. The van der Waals surface area contributed by atoms with E-state index in [1.165, 1.54) is 51.9 Å². The van der Waals surface area contributed by atoms with Gasteiger partial charge in [0.15, 0.2) is 0 Å². The minimum atomic E-state index is -0.952. The molecule has 0 fully saturated rings. The summed E-state index contributed by atoms with van der Waals surface area (Å²) in [4.78, 5) is 21.5. The fraction of sp³-hybridized carbons (Fsp3) is 0.889. The molecule has 1 unspecified atom stereocenters. The smallest absolute Gasteiger partial charge is 0.216 e. The average molecular weight is 312 g/mol. The van der Waals surface area contributed by atoms with Gasteiger partial charge in [0.2, 0.25) is 5.91 Å². The van der Waals surface area contributed by atoms with E-state index in [0.29, 0.717) is 18.9 Å². The van der Waals surface area contributed by atoms with Gasteiger partial charge >= 0.3 is 0 Å². The van der Waals surface area contributed by atoms with Gasteiger partial charge in [0.1, 0.15) is 0 Å². The highest BCUT2D eigenvalue weighted by atomic mass is 16.4. The lowest BCUT2D eigenvalue weighted by Crippen LogP contribution is -2.23. The fourth-order valence-corrected chi connectivity index (χ4v) is 2.80. The predicted octanol–water partition coefficient (Wildman–Crippen LogP) is 3.19. The third-order valence-corrected chi connectivity index (χ3v) is 4.14.